The zero-order valence-corrected chi connectivity index (χ0v) is 10.1. The monoisotopic (exact) mass is 263 g/mol. The smallest absolute Gasteiger partial charge is 0.263 e. The highest BCUT2D eigenvalue weighted by Crippen LogP contribution is 2.29. The summed E-state index contributed by atoms with van der Waals surface area (Å²) in [4.78, 5) is 0.0872. The molecule has 2 rings (SSSR count). The molecule has 0 atom stereocenters. The van der Waals surface area contributed by atoms with Gasteiger partial charge in [0.2, 0.25) is 0 Å². The number of fused-ring (bicyclic) bond motifs is 1. The lowest BCUT2D eigenvalue weighted by Gasteiger charge is -1.95. The fraction of sp³-hybridized carbons (Fsp3) is 0.111. The van der Waals surface area contributed by atoms with Crippen LogP contribution in [0.25, 0.3) is 10.9 Å². The molecule has 15 heavy (non-hydrogen) atoms. The van der Waals surface area contributed by atoms with Gasteiger partial charge >= 0.3 is 0 Å². The van der Waals surface area contributed by atoms with E-state index in [0.29, 0.717) is 10.4 Å². The zero-order valence-electron chi connectivity index (χ0n) is 7.74. The number of aromatic nitrogens is 1. The van der Waals surface area contributed by atoms with Crippen molar-refractivity contribution >= 4 is 42.2 Å². The number of benzene rings is 1. The van der Waals surface area contributed by atoms with Crippen molar-refractivity contribution in [2.75, 3.05) is 0 Å². The Morgan fingerprint density at radius 1 is 1.33 bits per heavy atom. The summed E-state index contributed by atoms with van der Waals surface area (Å²) in [5, 5.41) is 1.02. The van der Waals surface area contributed by atoms with Gasteiger partial charge in [0.15, 0.2) is 0 Å². The molecule has 1 heterocycles. The van der Waals surface area contributed by atoms with Crippen molar-refractivity contribution in [1.29, 1.82) is 0 Å². The molecule has 0 radical (unpaired) electrons. The summed E-state index contributed by atoms with van der Waals surface area (Å²) >= 11 is 5.80. The van der Waals surface area contributed by atoms with E-state index in [4.69, 9.17) is 22.3 Å². The number of aryl methyl sites for hydroxylation is 1. The minimum atomic E-state index is -3.73. The topological polar surface area (TPSA) is 39.1 Å². The van der Waals surface area contributed by atoms with Crippen molar-refractivity contribution in [1.82, 2.24) is 4.57 Å². The van der Waals surface area contributed by atoms with Crippen LogP contribution in [-0.2, 0) is 16.1 Å². The molecule has 6 heteroatoms. The van der Waals surface area contributed by atoms with Crippen molar-refractivity contribution in [2.45, 2.75) is 4.90 Å². The molecule has 0 fully saturated rings. The Labute approximate surface area is 96.6 Å². The predicted molar refractivity (Wildman–Crippen MR) is 61.0 cm³/mol. The maximum absolute atomic E-state index is 11.3. The van der Waals surface area contributed by atoms with E-state index in [9.17, 15) is 8.42 Å². The number of nitrogens with zero attached hydrogens (tertiary/aromatic N) is 1. The summed E-state index contributed by atoms with van der Waals surface area (Å²) in [5.41, 5.74) is 0.777. The molecule has 0 N–H and O–H groups in total. The predicted octanol–water partition coefficient (Wildman–Crippen LogP) is 2.76. The number of halogens is 2. The Hall–Kier alpha value is -0.710. The Balaban J connectivity index is 2.94. The lowest BCUT2D eigenvalue weighted by atomic mass is 10.2. The van der Waals surface area contributed by atoms with E-state index >= 15 is 0 Å². The van der Waals surface area contributed by atoms with Crippen molar-refractivity contribution in [2.24, 2.45) is 7.05 Å². The quantitative estimate of drug-likeness (QED) is 0.743. The van der Waals surface area contributed by atoms with Gasteiger partial charge in [0, 0.05) is 39.9 Å². The number of hydrogen-bond acceptors (Lipinski definition) is 2. The van der Waals surface area contributed by atoms with E-state index in [2.05, 4.69) is 0 Å². The highest BCUT2D eigenvalue weighted by molar-refractivity contribution is 8.14. The second kappa shape index (κ2) is 3.40. The van der Waals surface area contributed by atoms with Gasteiger partial charge in [-0.3, -0.25) is 0 Å². The van der Waals surface area contributed by atoms with Crippen LogP contribution < -0.4 is 0 Å². The first kappa shape index (κ1) is 10.8. The standard InChI is InChI=1S/C9H7Cl2NO2S/c1-12-5-9(15(11,13)14)7-4-6(10)2-3-8(7)12/h2-5H,1H3. The first-order valence-corrected chi connectivity index (χ1v) is 6.77. The highest BCUT2D eigenvalue weighted by Gasteiger charge is 2.17. The fourth-order valence-electron chi connectivity index (χ4n) is 1.52. The van der Waals surface area contributed by atoms with Gasteiger partial charge in [-0.2, -0.15) is 0 Å². The Morgan fingerprint density at radius 3 is 2.60 bits per heavy atom. The van der Waals surface area contributed by atoms with Gasteiger partial charge in [-0.25, -0.2) is 8.42 Å². The fourth-order valence-corrected chi connectivity index (χ4v) is 2.77. The Morgan fingerprint density at radius 2 is 2.00 bits per heavy atom. The van der Waals surface area contributed by atoms with Gasteiger partial charge in [0.1, 0.15) is 4.90 Å². The maximum Gasteiger partial charge on any atom is 0.263 e. The van der Waals surface area contributed by atoms with Crippen molar-refractivity contribution in [3.8, 4) is 0 Å². The molecule has 3 nitrogen and oxygen atoms in total. The van der Waals surface area contributed by atoms with Crippen molar-refractivity contribution < 1.29 is 8.42 Å². The molecule has 0 aliphatic rings. The first-order chi connectivity index (χ1) is 6.89. The second-order valence-electron chi connectivity index (χ2n) is 3.20. The molecule has 0 aliphatic heterocycles. The van der Waals surface area contributed by atoms with Crippen LogP contribution in [0.5, 0.6) is 0 Å². The molecule has 0 amide bonds. The minimum absolute atomic E-state index is 0.0872. The normalized spacial score (nSPS) is 12.2. The van der Waals surface area contributed by atoms with Crippen molar-refractivity contribution in [3.05, 3.63) is 29.4 Å². The minimum Gasteiger partial charge on any atom is -0.349 e. The summed E-state index contributed by atoms with van der Waals surface area (Å²) in [6.07, 6.45) is 1.48. The summed E-state index contributed by atoms with van der Waals surface area (Å²) in [5.74, 6) is 0. The molecule has 0 saturated carbocycles. The van der Waals surface area contributed by atoms with Crippen molar-refractivity contribution in [3.63, 3.8) is 0 Å². The highest BCUT2D eigenvalue weighted by atomic mass is 35.7. The molecule has 0 bridgehead atoms. The lowest BCUT2D eigenvalue weighted by molar-refractivity contribution is 0.610. The van der Waals surface area contributed by atoms with E-state index in [1.54, 1.807) is 29.8 Å². The van der Waals surface area contributed by atoms with Crippen LogP contribution in [0.2, 0.25) is 5.02 Å². The van der Waals surface area contributed by atoms with Crippen LogP contribution in [-0.4, -0.2) is 13.0 Å². The largest absolute Gasteiger partial charge is 0.349 e. The molecular formula is C9H7Cl2NO2S. The van der Waals surface area contributed by atoms with E-state index in [-0.39, 0.29) is 4.90 Å². The molecule has 1 aromatic heterocycles. The van der Waals surface area contributed by atoms with E-state index in [1.807, 2.05) is 0 Å². The average molecular weight is 264 g/mol. The SMILES string of the molecule is Cn1cc(S(=O)(=O)Cl)c2cc(Cl)ccc21. The van der Waals surface area contributed by atoms with Gasteiger partial charge in [-0.05, 0) is 18.2 Å². The third kappa shape index (κ3) is 1.85. The second-order valence-corrected chi connectivity index (χ2v) is 6.17. The van der Waals surface area contributed by atoms with Crippen LogP contribution in [0.4, 0.5) is 0 Å². The molecular weight excluding hydrogens is 257 g/mol. The Bertz CT molecular complexity index is 631. The van der Waals surface area contributed by atoms with E-state index in [1.165, 1.54) is 6.20 Å². The van der Waals surface area contributed by atoms with Gasteiger partial charge in [-0.15, -0.1) is 0 Å². The van der Waals surface area contributed by atoms with Crippen LogP contribution in [0.1, 0.15) is 0 Å². The third-order valence-corrected chi connectivity index (χ3v) is 3.76. The molecule has 0 saturated heterocycles. The maximum atomic E-state index is 11.3. The summed E-state index contributed by atoms with van der Waals surface area (Å²) in [7, 11) is 3.34. The van der Waals surface area contributed by atoms with Gasteiger partial charge < -0.3 is 4.57 Å². The molecule has 2 aromatic rings. The van der Waals surface area contributed by atoms with Crippen LogP contribution >= 0.6 is 22.3 Å². The Kier molecular flexibility index (Phi) is 2.45. The molecule has 80 valence electrons. The zero-order chi connectivity index (χ0) is 11.2. The van der Waals surface area contributed by atoms with Gasteiger partial charge in [0.05, 0.1) is 0 Å². The molecule has 1 aromatic carbocycles. The lowest BCUT2D eigenvalue weighted by Crippen LogP contribution is -1.88. The van der Waals surface area contributed by atoms with E-state index in [0.717, 1.165) is 5.52 Å². The van der Waals surface area contributed by atoms with Gasteiger partial charge in [0.25, 0.3) is 9.05 Å². The van der Waals surface area contributed by atoms with Crippen LogP contribution in [0, 0.1) is 0 Å². The summed E-state index contributed by atoms with van der Waals surface area (Å²) in [6.45, 7) is 0. The summed E-state index contributed by atoms with van der Waals surface area (Å²) < 4.78 is 24.3. The average Bonchev–Trinajstić information content (AvgIpc) is 2.42. The number of rotatable bonds is 1. The summed E-state index contributed by atoms with van der Waals surface area (Å²) in [6, 6.07) is 5.05. The first-order valence-electron chi connectivity index (χ1n) is 4.09. The molecule has 0 spiro atoms. The molecule has 0 unspecified atom stereocenters. The number of hydrogen-bond donors (Lipinski definition) is 0. The van der Waals surface area contributed by atoms with E-state index < -0.39 is 9.05 Å². The third-order valence-electron chi connectivity index (χ3n) is 2.18. The molecule has 0 aliphatic carbocycles. The van der Waals surface area contributed by atoms with Gasteiger partial charge in [-0.1, -0.05) is 11.6 Å². The van der Waals surface area contributed by atoms with Crippen LogP contribution in [0.3, 0.4) is 0 Å². The van der Waals surface area contributed by atoms with Crippen LogP contribution in [0.15, 0.2) is 29.3 Å².